The SMILES string of the molecule is c1ccc(-c2nnn(-c3ccc(Nc4cccnc4)cc3)n2)nc1. The summed E-state index contributed by atoms with van der Waals surface area (Å²) in [7, 11) is 0. The van der Waals surface area contributed by atoms with Crippen LogP contribution in [0.5, 0.6) is 0 Å². The number of nitrogens with one attached hydrogen (secondary N) is 1. The van der Waals surface area contributed by atoms with E-state index in [4.69, 9.17) is 0 Å². The van der Waals surface area contributed by atoms with E-state index in [1.54, 1.807) is 18.6 Å². The normalized spacial score (nSPS) is 10.5. The first-order valence-electron chi connectivity index (χ1n) is 7.37. The molecule has 7 heteroatoms. The maximum Gasteiger partial charge on any atom is 0.223 e. The quantitative estimate of drug-likeness (QED) is 0.623. The molecule has 24 heavy (non-hydrogen) atoms. The Morgan fingerprint density at radius 3 is 2.50 bits per heavy atom. The number of aromatic nitrogens is 6. The summed E-state index contributed by atoms with van der Waals surface area (Å²) in [4.78, 5) is 9.78. The molecule has 4 aromatic rings. The molecule has 0 atom stereocenters. The summed E-state index contributed by atoms with van der Waals surface area (Å²) in [5.74, 6) is 0.494. The van der Waals surface area contributed by atoms with E-state index in [1.165, 1.54) is 4.80 Å². The van der Waals surface area contributed by atoms with Gasteiger partial charge in [0, 0.05) is 18.1 Å². The van der Waals surface area contributed by atoms with Gasteiger partial charge in [0.1, 0.15) is 5.69 Å². The molecule has 0 saturated heterocycles. The number of tetrazole rings is 1. The first-order chi connectivity index (χ1) is 11.9. The highest BCUT2D eigenvalue weighted by Gasteiger charge is 2.08. The van der Waals surface area contributed by atoms with Crippen molar-refractivity contribution in [3.05, 3.63) is 73.2 Å². The van der Waals surface area contributed by atoms with Crippen LogP contribution >= 0.6 is 0 Å². The van der Waals surface area contributed by atoms with Crippen LogP contribution < -0.4 is 5.32 Å². The average Bonchev–Trinajstić information content (AvgIpc) is 3.14. The molecule has 0 aliphatic heterocycles. The molecule has 0 unspecified atom stereocenters. The van der Waals surface area contributed by atoms with Crippen LogP contribution in [0.4, 0.5) is 11.4 Å². The van der Waals surface area contributed by atoms with Crippen LogP contribution in [-0.2, 0) is 0 Å². The fourth-order valence-corrected chi connectivity index (χ4v) is 2.20. The van der Waals surface area contributed by atoms with Crippen molar-refractivity contribution < 1.29 is 0 Å². The second-order valence-corrected chi connectivity index (χ2v) is 5.03. The van der Waals surface area contributed by atoms with Gasteiger partial charge in [0.05, 0.1) is 17.6 Å². The Kier molecular flexibility index (Phi) is 3.65. The molecule has 0 bridgehead atoms. The van der Waals surface area contributed by atoms with E-state index in [-0.39, 0.29) is 0 Å². The topological polar surface area (TPSA) is 81.4 Å². The number of benzene rings is 1. The Balaban J connectivity index is 1.54. The van der Waals surface area contributed by atoms with Crippen LogP contribution in [-0.4, -0.2) is 30.2 Å². The molecule has 3 aromatic heterocycles. The first kappa shape index (κ1) is 14.0. The van der Waals surface area contributed by atoms with Gasteiger partial charge in [0.25, 0.3) is 0 Å². The van der Waals surface area contributed by atoms with Crippen molar-refractivity contribution in [3.8, 4) is 17.2 Å². The molecule has 0 radical (unpaired) electrons. The fraction of sp³-hybridized carbons (Fsp3) is 0. The Hall–Kier alpha value is -3.61. The summed E-state index contributed by atoms with van der Waals surface area (Å²) >= 11 is 0. The highest BCUT2D eigenvalue weighted by Crippen LogP contribution is 2.17. The van der Waals surface area contributed by atoms with Crippen molar-refractivity contribution in [3.63, 3.8) is 0 Å². The minimum atomic E-state index is 0.494. The molecule has 4 rings (SSSR count). The zero-order valence-corrected chi connectivity index (χ0v) is 12.6. The summed E-state index contributed by atoms with van der Waals surface area (Å²) in [5, 5.41) is 15.8. The van der Waals surface area contributed by atoms with E-state index in [1.807, 2.05) is 54.6 Å². The number of pyridine rings is 2. The molecule has 7 nitrogen and oxygen atoms in total. The van der Waals surface area contributed by atoms with Crippen LogP contribution in [0.25, 0.3) is 17.2 Å². The number of hydrogen-bond donors (Lipinski definition) is 1. The minimum Gasteiger partial charge on any atom is -0.354 e. The summed E-state index contributed by atoms with van der Waals surface area (Å²) in [6.07, 6.45) is 5.21. The van der Waals surface area contributed by atoms with E-state index >= 15 is 0 Å². The van der Waals surface area contributed by atoms with Gasteiger partial charge >= 0.3 is 0 Å². The van der Waals surface area contributed by atoms with Crippen LogP contribution in [0.15, 0.2) is 73.2 Å². The van der Waals surface area contributed by atoms with Crippen LogP contribution in [0.1, 0.15) is 0 Å². The Bertz CT molecular complexity index is 918. The van der Waals surface area contributed by atoms with E-state index in [0.717, 1.165) is 17.1 Å². The van der Waals surface area contributed by atoms with E-state index in [9.17, 15) is 0 Å². The van der Waals surface area contributed by atoms with Gasteiger partial charge in [0.15, 0.2) is 0 Å². The minimum absolute atomic E-state index is 0.494. The average molecular weight is 315 g/mol. The standard InChI is InChI=1S/C17H13N7/c1-2-11-19-16(5-1)17-21-23-24(22-17)15-8-6-13(7-9-15)20-14-4-3-10-18-12-14/h1-12,20H. The second-order valence-electron chi connectivity index (χ2n) is 5.03. The van der Waals surface area contributed by atoms with Gasteiger partial charge in [-0.15, -0.1) is 15.0 Å². The van der Waals surface area contributed by atoms with Crippen LogP contribution in [0.2, 0.25) is 0 Å². The second kappa shape index (κ2) is 6.25. The summed E-state index contributed by atoms with van der Waals surface area (Å²) in [6.45, 7) is 0. The van der Waals surface area contributed by atoms with Gasteiger partial charge in [-0.05, 0) is 53.7 Å². The van der Waals surface area contributed by atoms with Crippen molar-refractivity contribution in [2.45, 2.75) is 0 Å². The third-order valence-electron chi connectivity index (χ3n) is 3.36. The van der Waals surface area contributed by atoms with Crippen molar-refractivity contribution in [2.75, 3.05) is 5.32 Å². The van der Waals surface area contributed by atoms with E-state index in [0.29, 0.717) is 11.5 Å². The van der Waals surface area contributed by atoms with E-state index in [2.05, 4.69) is 30.7 Å². The van der Waals surface area contributed by atoms with Gasteiger partial charge in [-0.1, -0.05) is 6.07 Å². The molecular formula is C17H13N7. The number of rotatable bonds is 4. The van der Waals surface area contributed by atoms with Crippen LogP contribution in [0.3, 0.4) is 0 Å². The van der Waals surface area contributed by atoms with Gasteiger partial charge in [-0.3, -0.25) is 9.97 Å². The number of hydrogen-bond acceptors (Lipinski definition) is 6. The Morgan fingerprint density at radius 1 is 0.833 bits per heavy atom. The number of anilines is 2. The zero-order chi connectivity index (χ0) is 16.2. The molecular weight excluding hydrogens is 302 g/mol. The third kappa shape index (κ3) is 2.95. The Labute approximate surface area is 138 Å². The molecule has 1 N–H and O–H groups in total. The molecule has 3 heterocycles. The third-order valence-corrected chi connectivity index (χ3v) is 3.36. The lowest BCUT2D eigenvalue weighted by molar-refractivity contribution is 0.720. The summed E-state index contributed by atoms with van der Waals surface area (Å²) < 4.78 is 0. The van der Waals surface area contributed by atoms with Gasteiger partial charge < -0.3 is 5.32 Å². The summed E-state index contributed by atoms with van der Waals surface area (Å²) in [5.41, 5.74) is 3.40. The van der Waals surface area contributed by atoms with Crippen molar-refractivity contribution in [2.24, 2.45) is 0 Å². The molecule has 116 valence electrons. The van der Waals surface area contributed by atoms with Gasteiger partial charge in [0.2, 0.25) is 5.82 Å². The maximum absolute atomic E-state index is 4.37. The highest BCUT2D eigenvalue weighted by molar-refractivity contribution is 5.59. The molecule has 0 aliphatic carbocycles. The van der Waals surface area contributed by atoms with Crippen molar-refractivity contribution in [1.82, 2.24) is 30.2 Å². The first-order valence-corrected chi connectivity index (χ1v) is 7.37. The smallest absolute Gasteiger partial charge is 0.223 e. The van der Waals surface area contributed by atoms with Crippen molar-refractivity contribution in [1.29, 1.82) is 0 Å². The van der Waals surface area contributed by atoms with Gasteiger partial charge in [-0.25, -0.2) is 0 Å². The molecule has 0 aliphatic rings. The molecule has 0 spiro atoms. The van der Waals surface area contributed by atoms with Crippen molar-refractivity contribution >= 4 is 11.4 Å². The number of nitrogens with zero attached hydrogens (tertiary/aromatic N) is 6. The fourth-order valence-electron chi connectivity index (χ4n) is 2.20. The lowest BCUT2D eigenvalue weighted by Crippen LogP contribution is -1.99. The van der Waals surface area contributed by atoms with Crippen LogP contribution in [0, 0.1) is 0 Å². The highest BCUT2D eigenvalue weighted by atomic mass is 15.6. The predicted octanol–water partition coefficient (Wildman–Crippen LogP) is 2.86. The Morgan fingerprint density at radius 2 is 1.75 bits per heavy atom. The zero-order valence-electron chi connectivity index (χ0n) is 12.6. The molecule has 0 fully saturated rings. The maximum atomic E-state index is 4.37. The van der Waals surface area contributed by atoms with E-state index < -0.39 is 0 Å². The lowest BCUT2D eigenvalue weighted by atomic mass is 10.2. The molecule has 0 saturated carbocycles. The van der Waals surface area contributed by atoms with Gasteiger partial charge in [-0.2, -0.15) is 0 Å². The molecule has 1 aromatic carbocycles. The summed E-state index contributed by atoms with van der Waals surface area (Å²) in [6, 6.07) is 17.2. The molecule has 0 amide bonds. The predicted molar refractivity (Wildman–Crippen MR) is 89.9 cm³/mol. The largest absolute Gasteiger partial charge is 0.354 e. The lowest BCUT2D eigenvalue weighted by Gasteiger charge is -2.06. The monoisotopic (exact) mass is 315 g/mol.